The SMILES string of the molecule is CCOC(=O)CN1c2ccccc2CC1c1ccccc1NC(=O)C(C)(C)C. The van der Waals surface area contributed by atoms with Gasteiger partial charge in [-0.25, -0.2) is 0 Å². The van der Waals surface area contributed by atoms with Crippen LogP contribution in [0, 0.1) is 5.41 Å². The van der Waals surface area contributed by atoms with Crippen molar-refractivity contribution < 1.29 is 14.3 Å². The highest BCUT2D eigenvalue weighted by atomic mass is 16.5. The molecule has 0 saturated heterocycles. The smallest absolute Gasteiger partial charge is 0.325 e. The number of hydrogen-bond acceptors (Lipinski definition) is 4. The number of para-hydroxylation sites is 2. The average molecular weight is 380 g/mol. The Hall–Kier alpha value is -2.82. The third-order valence-electron chi connectivity index (χ3n) is 4.94. The number of carbonyl (C=O) groups is 2. The summed E-state index contributed by atoms with van der Waals surface area (Å²) in [6, 6.07) is 15.9. The third kappa shape index (κ3) is 4.19. The Labute approximate surface area is 166 Å². The first-order valence-corrected chi connectivity index (χ1v) is 9.71. The monoisotopic (exact) mass is 380 g/mol. The largest absolute Gasteiger partial charge is 0.465 e. The Morgan fingerprint density at radius 1 is 1.11 bits per heavy atom. The molecule has 1 heterocycles. The van der Waals surface area contributed by atoms with Gasteiger partial charge in [0.15, 0.2) is 0 Å². The van der Waals surface area contributed by atoms with Crippen LogP contribution in [0.2, 0.25) is 0 Å². The lowest BCUT2D eigenvalue weighted by molar-refractivity contribution is -0.141. The molecule has 1 atom stereocenters. The van der Waals surface area contributed by atoms with E-state index in [1.807, 2.05) is 70.2 Å². The summed E-state index contributed by atoms with van der Waals surface area (Å²) in [5.74, 6) is -0.284. The minimum atomic E-state index is -0.490. The topological polar surface area (TPSA) is 58.6 Å². The lowest BCUT2D eigenvalue weighted by Crippen LogP contribution is -2.33. The van der Waals surface area contributed by atoms with Crippen LogP contribution in [-0.4, -0.2) is 25.0 Å². The first-order valence-electron chi connectivity index (χ1n) is 9.71. The summed E-state index contributed by atoms with van der Waals surface area (Å²) in [5, 5.41) is 3.07. The maximum Gasteiger partial charge on any atom is 0.325 e. The van der Waals surface area contributed by atoms with Gasteiger partial charge in [0.25, 0.3) is 0 Å². The Balaban J connectivity index is 1.96. The molecule has 1 amide bonds. The maximum atomic E-state index is 12.6. The fourth-order valence-corrected chi connectivity index (χ4v) is 3.48. The Kier molecular flexibility index (Phi) is 5.73. The molecular weight excluding hydrogens is 352 g/mol. The number of benzene rings is 2. The van der Waals surface area contributed by atoms with Crippen LogP contribution in [0.1, 0.15) is 44.9 Å². The molecule has 5 heteroatoms. The molecule has 0 fully saturated rings. The van der Waals surface area contributed by atoms with Crippen LogP contribution in [0.15, 0.2) is 48.5 Å². The molecule has 1 aliphatic rings. The molecule has 0 saturated carbocycles. The molecule has 0 bridgehead atoms. The van der Waals surface area contributed by atoms with Crippen LogP contribution >= 0.6 is 0 Å². The van der Waals surface area contributed by atoms with Gasteiger partial charge in [-0.1, -0.05) is 57.2 Å². The zero-order valence-corrected chi connectivity index (χ0v) is 17.0. The number of carbonyl (C=O) groups excluding carboxylic acids is 2. The summed E-state index contributed by atoms with van der Waals surface area (Å²) in [6.45, 7) is 8.02. The molecule has 0 aromatic heterocycles. The van der Waals surface area contributed by atoms with Crippen molar-refractivity contribution in [2.45, 2.75) is 40.2 Å². The molecule has 1 unspecified atom stereocenters. The molecule has 5 nitrogen and oxygen atoms in total. The van der Waals surface area contributed by atoms with Crippen molar-refractivity contribution in [3.63, 3.8) is 0 Å². The van der Waals surface area contributed by atoms with Gasteiger partial charge in [0.1, 0.15) is 6.54 Å². The Bertz CT molecular complexity index is 870. The fourth-order valence-electron chi connectivity index (χ4n) is 3.48. The van der Waals surface area contributed by atoms with Gasteiger partial charge < -0.3 is 15.0 Å². The quantitative estimate of drug-likeness (QED) is 0.784. The second kappa shape index (κ2) is 8.05. The number of hydrogen-bond donors (Lipinski definition) is 1. The standard InChI is InChI=1S/C23H28N2O3/c1-5-28-21(26)15-25-19-13-9-6-10-16(19)14-20(25)17-11-7-8-12-18(17)24-22(27)23(2,3)4/h6-13,20H,5,14-15H2,1-4H3,(H,24,27). The van der Waals surface area contributed by atoms with Gasteiger partial charge in [-0.05, 0) is 36.6 Å². The van der Waals surface area contributed by atoms with E-state index >= 15 is 0 Å². The number of anilines is 2. The average Bonchev–Trinajstić information content (AvgIpc) is 3.00. The summed E-state index contributed by atoms with van der Waals surface area (Å²) >= 11 is 0. The second-order valence-corrected chi connectivity index (χ2v) is 8.07. The zero-order chi connectivity index (χ0) is 20.3. The number of nitrogens with zero attached hydrogens (tertiary/aromatic N) is 1. The predicted molar refractivity (Wildman–Crippen MR) is 111 cm³/mol. The highest BCUT2D eigenvalue weighted by Crippen LogP contribution is 2.42. The van der Waals surface area contributed by atoms with E-state index in [2.05, 4.69) is 16.3 Å². The van der Waals surface area contributed by atoms with Crippen LogP contribution < -0.4 is 10.2 Å². The van der Waals surface area contributed by atoms with Crippen molar-refractivity contribution in [1.29, 1.82) is 0 Å². The van der Waals surface area contributed by atoms with E-state index in [1.54, 1.807) is 0 Å². The van der Waals surface area contributed by atoms with E-state index in [4.69, 9.17) is 4.74 Å². The predicted octanol–water partition coefficient (Wildman–Crippen LogP) is 4.34. The van der Waals surface area contributed by atoms with Gasteiger partial charge in [-0.3, -0.25) is 9.59 Å². The van der Waals surface area contributed by atoms with E-state index in [-0.39, 0.29) is 24.5 Å². The highest BCUT2D eigenvalue weighted by molar-refractivity contribution is 5.95. The molecule has 0 aliphatic carbocycles. The van der Waals surface area contributed by atoms with E-state index in [0.717, 1.165) is 23.4 Å². The molecule has 28 heavy (non-hydrogen) atoms. The number of nitrogens with one attached hydrogen (secondary N) is 1. The molecule has 2 aromatic carbocycles. The zero-order valence-electron chi connectivity index (χ0n) is 17.0. The fraction of sp³-hybridized carbons (Fsp3) is 0.391. The molecule has 1 N–H and O–H groups in total. The first-order chi connectivity index (χ1) is 13.3. The number of esters is 1. The van der Waals surface area contributed by atoms with Crippen LogP contribution in [0.3, 0.4) is 0 Å². The minimum Gasteiger partial charge on any atom is -0.465 e. The first kappa shape index (κ1) is 19.9. The summed E-state index contributed by atoms with van der Waals surface area (Å²) in [6.07, 6.45) is 0.776. The van der Waals surface area contributed by atoms with Crippen LogP contribution in [0.4, 0.5) is 11.4 Å². The van der Waals surface area contributed by atoms with E-state index < -0.39 is 5.41 Å². The molecule has 1 aliphatic heterocycles. The van der Waals surface area contributed by atoms with Crippen LogP contribution in [-0.2, 0) is 20.7 Å². The van der Waals surface area contributed by atoms with Crippen molar-refractivity contribution in [2.24, 2.45) is 5.41 Å². The van der Waals surface area contributed by atoms with Gasteiger partial charge >= 0.3 is 5.97 Å². The van der Waals surface area contributed by atoms with Crippen LogP contribution in [0.25, 0.3) is 0 Å². The van der Waals surface area contributed by atoms with Crippen molar-refractivity contribution in [2.75, 3.05) is 23.4 Å². The van der Waals surface area contributed by atoms with Crippen LogP contribution in [0.5, 0.6) is 0 Å². The summed E-state index contributed by atoms with van der Waals surface area (Å²) in [4.78, 5) is 26.9. The van der Waals surface area contributed by atoms with Gasteiger partial charge in [0.2, 0.25) is 5.91 Å². The number of rotatable bonds is 5. The summed E-state index contributed by atoms with van der Waals surface area (Å²) in [7, 11) is 0. The van der Waals surface area contributed by atoms with Crippen molar-refractivity contribution in [3.05, 3.63) is 59.7 Å². The minimum absolute atomic E-state index is 0.0348. The molecular formula is C23H28N2O3. The van der Waals surface area contributed by atoms with Gasteiger partial charge in [-0.2, -0.15) is 0 Å². The third-order valence-corrected chi connectivity index (χ3v) is 4.94. The van der Waals surface area contributed by atoms with Crippen molar-refractivity contribution >= 4 is 23.3 Å². The van der Waals surface area contributed by atoms with Gasteiger partial charge in [0.05, 0.1) is 12.6 Å². The number of amides is 1. The second-order valence-electron chi connectivity index (χ2n) is 8.07. The Morgan fingerprint density at radius 2 is 1.79 bits per heavy atom. The molecule has 148 valence electrons. The molecule has 3 rings (SSSR count). The lowest BCUT2D eigenvalue weighted by Gasteiger charge is -2.29. The van der Waals surface area contributed by atoms with Gasteiger partial charge in [0, 0.05) is 16.8 Å². The Morgan fingerprint density at radius 3 is 2.50 bits per heavy atom. The maximum absolute atomic E-state index is 12.6. The van der Waals surface area contributed by atoms with Crippen molar-refractivity contribution in [3.8, 4) is 0 Å². The van der Waals surface area contributed by atoms with E-state index in [1.165, 1.54) is 5.56 Å². The number of ether oxygens (including phenoxy) is 1. The normalized spacial score (nSPS) is 15.9. The summed E-state index contributed by atoms with van der Waals surface area (Å²) in [5.41, 5.74) is 3.53. The van der Waals surface area contributed by atoms with E-state index in [0.29, 0.717) is 6.61 Å². The number of fused-ring (bicyclic) bond motifs is 1. The summed E-state index contributed by atoms with van der Waals surface area (Å²) < 4.78 is 5.19. The van der Waals surface area contributed by atoms with E-state index in [9.17, 15) is 9.59 Å². The lowest BCUT2D eigenvalue weighted by atomic mass is 9.94. The highest BCUT2D eigenvalue weighted by Gasteiger charge is 2.33. The molecule has 0 spiro atoms. The van der Waals surface area contributed by atoms with Gasteiger partial charge in [-0.15, -0.1) is 0 Å². The van der Waals surface area contributed by atoms with Crippen molar-refractivity contribution in [1.82, 2.24) is 0 Å². The molecule has 0 radical (unpaired) electrons. The molecule has 2 aromatic rings.